The fourth-order valence-electron chi connectivity index (χ4n) is 6.16. The van der Waals surface area contributed by atoms with E-state index in [0.717, 1.165) is 74.5 Å². The maximum absolute atomic E-state index is 13.7. The number of carbonyl (C=O) groups is 2. The van der Waals surface area contributed by atoms with Gasteiger partial charge in [-0.05, 0) is 69.1 Å². The molecule has 2 saturated heterocycles. The predicted molar refractivity (Wildman–Crippen MR) is 131 cm³/mol. The molecule has 1 aromatic carbocycles. The predicted octanol–water partition coefficient (Wildman–Crippen LogP) is 3.64. The maximum Gasteiger partial charge on any atom is 0.257 e. The zero-order chi connectivity index (χ0) is 24.7. The number of nitrogens with one attached hydrogen (secondary N) is 1. The van der Waals surface area contributed by atoms with Crippen LogP contribution >= 0.6 is 0 Å². The summed E-state index contributed by atoms with van der Waals surface area (Å²) < 4.78 is 15.8. The molecule has 0 bridgehead atoms. The summed E-state index contributed by atoms with van der Waals surface area (Å²) in [6, 6.07) is 6.72. The number of nitrogens with zero attached hydrogens (tertiary/aromatic N) is 4. The molecule has 0 spiro atoms. The molecule has 1 aliphatic carbocycles. The van der Waals surface area contributed by atoms with Crippen LogP contribution in [-0.4, -0.2) is 64.1 Å². The molecule has 3 fully saturated rings. The monoisotopic (exact) mass is 481 g/mol. The van der Waals surface area contributed by atoms with Crippen LogP contribution in [0.3, 0.4) is 0 Å². The minimum Gasteiger partial charge on any atom is -0.349 e. The fourth-order valence-corrected chi connectivity index (χ4v) is 6.16. The molecule has 8 heteroatoms. The Balaban J connectivity index is 1.18. The van der Waals surface area contributed by atoms with Gasteiger partial charge in [0.05, 0.1) is 23.3 Å². The molecule has 188 valence electrons. The molecule has 2 aliphatic heterocycles. The smallest absolute Gasteiger partial charge is 0.257 e. The molecule has 3 heterocycles. The number of aromatic nitrogens is 2. The third kappa shape index (κ3) is 4.85. The first kappa shape index (κ1) is 24.0. The summed E-state index contributed by atoms with van der Waals surface area (Å²) >= 11 is 0. The third-order valence-electron chi connectivity index (χ3n) is 8.17. The highest BCUT2D eigenvalue weighted by Gasteiger charge is 2.42. The lowest BCUT2D eigenvalue weighted by molar-refractivity contribution is -0.119. The third-order valence-corrected chi connectivity index (χ3v) is 8.17. The van der Waals surface area contributed by atoms with Crippen molar-refractivity contribution < 1.29 is 14.0 Å². The summed E-state index contributed by atoms with van der Waals surface area (Å²) in [6.07, 6.45) is 4.28. The minimum absolute atomic E-state index is 0.113. The molecular weight excluding hydrogens is 445 g/mol. The number of hydrogen-bond donors (Lipinski definition) is 1. The van der Waals surface area contributed by atoms with Gasteiger partial charge in [-0.25, -0.2) is 4.39 Å². The van der Waals surface area contributed by atoms with Gasteiger partial charge < -0.3 is 15.1 Å². The molecule has 3 atom stereocenters. The van der Waals surface area contributed by atoms with Gasteiger partial charge in [-0.2, -0.15) is 5.10 Å². The largest absolute Gasteiger partial charge is 0.349 e. The van der Waals surface area contributed by atoms with Crippen LogP contribution in [-0.2, 0) is 4.79 Å². The molecule has 5 rings (SSSR count). The van der Waals surface area contributed by atoms with E-state index in [1.165, 1.54) is 25.5 Å². The number of amides is 2. The molecule has 1 saturated carbocycles. The number of rotatable bonds is 7. The zero-order valence-corrected chi connectivity index (χ0v) is 21.0. The Bertz CT molecular complexity index is 1100. The van der Waals surface area contributed by atoms with Crippen LogP contribution in [0.15, 0.2) is 24.3 Å². The Labute approximate surface area is 206 Å². The second-order valence-corrected chi connectivity index (χ2v) is 10.7. The average Bonchev–Trinajstić information content (AvgIpc) is 3.41. The van der Waals surface area contributed by atoms with Gasteiger partial charge in [-0.1, -0.05) is 12.1 Å². The first-order valence-electron chi connectivity index (χ1n) is 12.9. The number of benzene rings is 1. The van der Waals surface area contributed by atoms with E-state index in [2.05, 4.69) is 14.9 Å². The van der Waals surface area contributed by atoms with Gasteiger partial charge in [0, 0.05) is 45.3 Å². The molecular formula is C27H36FN5O2. The first-order chi connectivity index (χ1) is 16.8. The van der Waals surface area contributed by atoms with Crippen molar-refractivity contribution in [3.05, 3.63) is 52.6 Å². The lowest BCUT2D eigenvalue weighted by Gasteiger charge is -2.27. The van der Waals surface area contributed by atoms with E-state index < -0.39 is 0 Å². The summed E-state index contributed by atoms with van der Waals surface area (Å²) in [5.74, 6) is 0.660. The number of aryl methyl sites for hydroxylation is 1. The zero-order valence-electron chi connectivity index (χ0n) is 21.0. The molecule has 2 aromatic rings. The number of halogens is 1. The molecule has 0 radical (unpaired) electrons. The fraction of sp³-hybridized carbons (Fsp3) is 0.593. The van der Waals surface area contributed by atoms with Gasteiger partial charge in [-0.3, -0.25) is 14.3 Å². The summed E-state index contributed by atoms with van der Waals surface area (Å²) in [6.45, 7) is 9.78. The van der Waals surface area contributed by atoms with Crippen LogP contribution in [0.5, 0.6) is 0 Å². The summed E-state index contributed by atoms with van der Waals surface area (Å²) in [5.41, 5.74) is 3.45. The Hall–Kier alpha value is -2.74. The van der Waals surface area contributed by atoms with Crippen molar-refractivity contribution in [3.8, 4) is 0 Å². The Morgan fingerprint density at radius 3 is 2.46 bits per heavy atom. The molecule has 1 N–H and O–H groups in total. The van der Waals surface area contributed by atoms with Crippen LogP contribution in [0.4, 0.5) is 4.39 Å². The van der Waals surface area contributed by atoms with Gasteiger partial charge >= 0.3 is 0 Å². The van der Waals surface area contributed by atoms with Crippen LogP contribution in [0, 0.1) is 31.5 Å². The highest BCUT2D eigenvalue weighted by molar-refractivity contribution is 5.96. The number of fused-ring (bicyclic) bond motifs is 1. The highest BCUT2D eigenvalue weighted by Crippen LogP contribution is 2.36. The number of carbonyl (C=O) groups excluding carboxylic acids is 2. The lowest BCUT2D eigenvalue weighted by Crippen LogP contribution is -2.35. The summed E-state index contributed by atoms with van der Waals surface area (Å²) in [7, 11) is 0. The molecule has 2 unspecified atom stereocenters. The second kappa shape index (κ2) is 9.72. The van der Waals surface area contributed by atoms with Crippen LogP contribution < -0.4 is 5.32 Å². The van der Waals surface area contributed by atoms with Crippen LogP contribution in [0.25, 0.3) is 0 Å². The second-order valence-electron chi connectivity index (χ2n) is 10.7. The van der Waals surface area contributed by atoms with Crippen molar-refractivity contribution in [2.45, 2.75) is 58.5 Å². The van der Waals surface area contributed by atoms with Gasteiger partial charge in [0.15, 0.2) is 0 Å². The average molecular weight is 482 g/mol. The van der Waals surface area contributed by atoms with E-state index in [0.29, 0.717) is 17.9 Å². The maximum atomic E-state index is 13.7. The van der Waals surface area contributed by atoms with Crippen molar-refractivity contribution in [2.24, 2.45) is 11.8 Å². The van der Waals surface area contributed by atoms with Crippen molar-refractivity contribution in [2.75, 3.05) is 32.7 Å². The van der Waals surface area contributed by atoms with Crippen molar-refractivity contribution in [3.63, 3.8) is 0 Å². The molecule has 1 aromatic heterocycles. The first-order valence-corrected chi connectivity index (χ1v) is 12.9. The van der Waals surface area contributed by atoms with E-state index in [-0.39, 0.29) is 23.7 Å². The van der Waals surface area contributed by atoms with Crippen molar-refractivity contribution in [1.82, 2.24) is 24.9 Å². The molecule has 7 nitrogen and oxygen atoms in total. The molecule has 35 heavy (non-hydrogen) atoms. The minimum atomic E-state index is -0.290. The normalized spacial score (nSPS) is 23.3. The van der Waals surface area contributed by atoms with Gasteiger partial charge in [0.25, 0.3) is 5.91 Å². The van der Waals surface area contributed by atoms with E-state index in [1.54, 1.807) is 6.07 Å². The Morgan fingerprint density at radius 1 is 1.14 bits per heavy atom. The van der Waals surface area contributed by atoms with E-state index in [9.17, 15) is 14.0 Å². The van der Waals surface area contributed by atoms with E-state index >= 15 is 0 Å². The van der Waals surface area contributed by atoms with Gasteiger partial charge in [-0.15, -0.1) is 0 Å². The quantitative estimate of drug-likeness (QED) is 0.656. The topological polar surface area (TPSA) is 70.5 Å². The molecule has 2 amide bonds. The standard InChI is InChI=1S/C27H36FN5O2/c1-17-26(18(2)33(30-17)24-8-5-9-24)27(35)32-15-21-13-31(14-22(21)16-32)11-10-25(29-19(3)34)20-6-4-7-23(28)12-20/h4,6-7,12,21-22,24-25H,5,8-11,13-16H2,1-3H3,(H,29,34)/t21?,22?,25-/m0/s1. The lowest BCUT2D eigenvalue weighted by atomic mass is 9.93. The Kier molecular flexibility index (Phi) is 6.66. The SMILES string of the molecule is CC(=O)N[C@@H](CCN1CC2CN(C(=O)c3c(C)nn(C4CCC4)c3C)CC2C1)c1cccc(F)c1. The van der Waals surface area contributed by atoms with Crippen molar-refractivity contribution in [1.29, 1.82) is 0 Å². The van der Waals surface area contributed by atoms with Crippen molar-refractivity contribution >= 4 is 11.8 Å². The number of hydrogen-bond acceptors (Lipinski definition) is 4. The van der Waals surface area contributed by atoms with Gasteiger partial charge in [0.2, 0.25) is 5.91 Å². The number of likely N-dealkylation sites (tertiary alicyclic amines) is 2. The Morgan fingerprint density at radius 2 is 1.86 bits per heavy atom. The van der Waals surface area contributed by atoms with E-state index in [1.807, 2.05) is 24.8 Å². The summed E-state index contributed by atoms with van der Waals surface area (Å²) in [5, 5.41) is 7.68. The van der Waals surface area contributed by atoms with Gasteiger partial charge in [0.1, 0.15) is 5.82 Å². The van der Waals surface area contributed by atoms with Crippen LogP contribution in [0.2, 0.25) is 0 Å². The van der Waals surface area contributed by atoms with Crippen LogP contribution in [0.1, 0.15) is 72.0 Å². The highest BCUT2D eigenvalue weighted by atomic mass is 19.1. The summed E-state index contributed by atoms with van der Waals surface area (Å²) in [4.78, 5) is 29.6. The molecule has 3 aliphatic rings. The van der Waals surface area contributed by atoms with E-state index in [4.69, 9.17) is 5.10 Å².